The van der Waals surface area contributed by atoms with E-state index in [0.717, 1.165) is 17.7 Å². The van der Waals surface area contributed by atoms with Gasteiger partial charge in [-0.1, -0.05) is 62.4 Å². The molecule has 0 radical (unpaired) electrons. The monoisotopic (exact) mass is 323 g/mol. The fraction of sp³-hybridized carbons (Fsp3) is 0.350. The van der Waals surface area contributed by atoms with E-state index >= 15 is 0 Å². The molecule has 0 spiro atoms. The molecule has 2 aromatic rings. The van der Waals surface area contributed by atoms with E-state index in [-0.39, 0.29) is 11.5 Å². The van der Waals surface area contributed by atoms with Gasteiger partial charge in [0, 0.05) is 17.4 Å². The van der Waals surface area contributed by atoms with Crippen LogP contribution in [0.2, 0.25) is 0 Å². The van der Waals surface area contributed by atoms with Gasteiger partial charge in [-0.25, -0.2) is 0 Å². The van der Waals surface area contributed by atoms with Gasteiger partial charge in [0.15, 0.2) is 5.96 Å². The zero-order valence-electron chi connectivity index (χ0n) is 14.3. The largest absolute Gasteiger partial charge is 0.493 e. The molecule has 1 atom stereocenters. The topological polar surface area (TPSA) is 59.6 Å². The Labute approximate surface area is 143 Å². The highest BCUT2D eigenvalue weighted by molar-refractivity contribution is 5.78. The summed E-state index contributed by atoms with van der Waals surface area (Å²) in [5, 5.41) is 3.35. The maximum atomic E-state index is 6.15. The molecule has 126 valence electrons. The van der Waals surface area contributed by atoms with Gasteiger partial charge >= 0.3 is 0 Å². The van der Waals surface area contributed by atoms with Crippen molar-refractivity contribution in [3.8, 4) is 5.75 Å². The molecule has 4 nitrogen and oxygen atoms in total. The van der Waals surface area contributed by atoms with E-state index in [1.54, 1.807) is 0 Å². The van der Waals surface area contributed by atoms with Crippen LogP contribution in [0.15, 0.2) is 59.6 Å². The van der Waals surface area contributed by atoms with E-state index in [1.807, 2.05) is 24.3 Å². The van der Waals surface area contributed by atoms with Crippen molar-refractivity contribution >= 4 is 5.96 Å². The van der Waals surface area contributed by atoms with Crippen LogP contribution in [0.4, 0.5) is 0 Å². The van der Waals surface area contributed by atoms with Crippen molar-refractivity contribution in [3.63, 3.8) is 0 Å². The standard InChI is InChI=1S/C20H25N3O/c1-20(2,15-8-4-3-5-9-15)14-22-19(21)23-17-12-13-24-18-11-7-6-10-16(17)18/h3-11,17H,12-14H2,1-2H3,(H3,21,22,23). The van der Waals surface area contributed by atoms with E-state index in [1.165, 1.54) is 5.56 Å². The molecule has 1 unspecified atom stereocenters. The van der Waals surface area contributed by atoms with Crippen molar-refractivity contribution in [1.29, 1.82) is 0 Å². The smallest absolute Gasteiger partial charge is 0.189 e. The summed E-state index contributed by atoms with van der Waals surface area (Å²) in [6.07, 6.45) is 0.884. The van der Waals surface area contributed by atoms with Crippen LogP contribution < -0.4 is 15.8 Å². The summed E-state index contributed by atoms with van der Waals surface area (Å²) in [5.41, 5.74) is 8.50. The molecule has 1 heterocycles. The summed E-state index contributed by atoms with van der Waals surface area (Å²) < 4.78 is 5.69. The molecule has 0 amide bonds. The molecule has 0 saturated heterocycles. The summed E-state index contributed by atoms with van der Waals surface area (Å²) >= 11 is 0. The molecule has 2 aromatic carbocycles. The van der Waals surface area contributed by atoms with Crippen molar-refractivity contribution < 1.29 is 4.74 Å². The molecule has 0 aromatic heterocycles. The highest BCUT2D eigenvalue weighted by atomic mass is 16.5. The van der Waals surface area contributed by atoms with E-state index < -0.39 is 0 Å². The normalized spacial score (nSPS) is 17.8. The van der Waals surface area contributed by atoms with E-state index in [0.29, 0.717) is 19.1 Å². The Bertz CT molecular complexity index is 710. The number of ether oxygens (including phenoxy) is 1. The average molecular weight is 323 g/mol. The lowest BCUT2D eigenvalue weighted by Crippen LogP contribution is -2.38. The summed E-state index contributed by atoms with van der Waals surface area (Å²) in [6, 6.07) is 18.6. The van der Waals surface area contributed by atoms with Gasteiger partial charge in [-0.15, -0.1) is 0 Å². The van der Waals surface area contributed by atoms with E-state index in [4.69, 9.17) is 10.5 Å². The van der Waals surface area contributed by atoms with Gasteiger partial charge in [-0.05, 0) is 11.6 Å². The Morgan fingerprint density at radius 1 is 1.17 bits per heavy atom. The van der Waals surface area contributed by atoms with Crippen LogP contribution in [-0.4, -0.2) is 19.1 Å². The number of rotatable bonds is 4. The number of nitrogens with two attached hydrogens (primary N) is 1. The minimum absolute atomic E-state index is 0.0544. The molecule has 1 aliphatic rings. The molecule has 3 N–H and O–H groups in total. The molecule has 3 rings (SSSR count). The van der Waals surface area contributed by atoms with Gasteiger partial charge in [-0.3, -0.25) is 4.99 Å². The molecule has 0 fully saturated rings. The fourth-order valence-corrected chi connectivity index (χ4v) is 2.98. The first kappa shape index (κ1) is 16.4. The molecular formula is C20H25N3O. The molecular weight excluding hydrogens is 298 g/mol. The second-order valence-corrected chi connectivity index (χ2v) is 6.82. The number of nitrogens with zero attached hydrogens (tertiary/aromatic N) is 1. The van der Waals surface area contributed by atoms with Gasteiger partial charge in [0.25, 0.3) is 0 Å². The highest BCUT2D eigenvalue weighted by Gasteiger charge is 2.23. The first-order valence-corrected chi connectivity index (χ1v) is 8.40. The Balaban J connectivity index is 1.67. The zero-order chi connectivity index (χ0) is 17.0. The number of para-hydroxylation sites is 1. The van der Waals surface area contributed by atoms with Crippen molar-refractivity contribution in [2.24, 2.45) is 10.7 Å². The highest BCUT2D eigenvalue weighted by Crippen LogP contribution is 2.31. The summed E-state index contributed by atoms with van der Waals surface area (Å²) in [4.78, 5) is 4.58. The lowest BCUT2D eigenvalue weighted by atomic mass is 9.85. The summed E-state index contributed by atoms with van der Waals surface area (Å²) in [7, 11) is 0. The molecule has 0 bridgehead atoms. The summed E-state index contributed by atoms with van der Waals surface area (Å²) in [5.74, 6) is 1.42. The first-order chi connectivity index (χ1) is 11.6. The lowest BCUT2D eigenvalue weighted by molar-refractivity contribution is 0.262. The Hall–Kier alpha value is -2.49. The fourth-order valence-electron chi connectivity index (χ4n) is 2.98. The zero-order valence-corrected chi connectivity index (χ0v) is 14.3. The predicted octanol–water partition coefficient (Wildman–Crippen LogP) is 3.39. The van der Waals surface area contributed by atoms with Crippen molar-refractivity contribution in [1.82, 2.24) is 5.32 Å². The lowest BCUT2D eigenvalue weighted by Gasteiger charge is -2.27. The number of fused-ring (bicyclic) bond motifs is 1. The van der Waals surface area contributed by atoms with Crippen LogP contribution in [0.1, 0.15) is 37.4 Å². The molecule has 24 heavy (non-hydrogen) atoms. The molecule has 1 aliphatic heterocycles. The Morgan fingerprint density at radius 2 is 1.88 bits per heavy atom. The van der Waals surface area contributed by atoms with Gasteiger partial charge in [0.2, 0.25) is 0 Å². The van der Waals surface area contributed by atoms with Crippen LogP contribution in [0.25, 0.3) is 0 Å². The minimum atomic E-state index is -0.0544. The number of benzene rings is 2. The minimum Gasteiger partial charge on any atom is -0.493 e. The van der Waals surface area contributed by atoms with Gasteiger partial charge in [-0.2, -0.15) is 0 Å². The van der Waals surface area contributed by atoms with Crippen LogP contribution in [0.3, 0.4) is 0 Å². The van der Waals surface area contributed by atoms with Crippen molar-refractivity contribution in [2.45, 2.75) is 31.7 Å². The van der Waals surface area contributed by atoms with Gasteiger partial charge in [0.05, 0.1) is 19.2 Å². The second kappa shape index (κ2) is 6.95. The third-order valence-electron chi connectivity index (χ3n) is 4.48. The molecule has 4 heteroatoms. The van der Waals surface area contributed by atoms with E-state index in [2.05, 4.69) is 54.5 Å². The second-order valence-electron chi connectivity index (χ2n) is 6.82. The Morgan fingerprint density at radius 3 is 2.67 bits per heavy atom. The van der Waals surface area contributed by atoms with Crippen LogP contribution in [0, 0.1) is 0 Å². The van der Waals surface area contributed by atoms with Crippen LogP contribution in [-0.2, 0) is 5.41 Å². The van der Waals surface area contributed by atoms with Crippen LogP contribution in [0.5, 0.6) is 5.75 Å². The predicted molar refractivity (Wildman–Crippen MR) is 98.4 cm³/mol. The quantitative estimate of drug-likeness (QED) is 0.670. The summed E-state index contributed by atoms with van der Waals surface area (Å²) in [6.45, 7) is 5.70. The Kier molecular flexibility index (Phi) is 4.74. The number of hydrogen-bond acceptors (Lipinski definition) is 2. The van der Waals surface area contributed by atoms with Gasteiger partial charge < -0.3 is 15.8 Å². The van der Waals surface area contributed by atoms with Gasteiger partial charge in [0.1, 0.15) is 5.75 Å². The maximum Gasteiger partial charge on any atom is 0.189 e. The SMILES string of the molecule is CC(C)(CN=C(N)NC1CCOc2ccccc21)c1ccccc1. The molecule has 0 saturated carbocycles. The van der Waals surface area contributed by atoms with Crippen LogP contribution >= 0.6 is 0 Å². The number of nitrogens with one attached hydrogen (secondary N) is 1. The third kappa shape index (κ3) is 3.70. The molecule has 0 aliphatic carbocycles. The van der Waals surface area contributed by atoms with E-state index in [9.17, 15) is 0 Å². The van der Waals surface area contributed by atoms with Crippen molar-refractivity contribution in [3.05, 3.63) is 65.7 Å². The number of hydrogen-bond donors (Lipinski definition) is 2. The van der Waals surface area contributed by atoms with Crippen molar-refractivity contribution in [2.75, 3.05) is 13.2 Å². The average Bonchev–Trinajstić information content (AvgIpc) is 2.61. The first-order valence-electron chi connectivity index (χ1n) is 8.40. The third-order valence-corrected chi connectivity index (χ3v) is 4.48. The number of guanidine groups is 1. The number of aliphatic imine (C=N–C) groups is 1. The maximum absolute atomic E-state index is 6.15.